The van der Waals surface area contributed by atoms with Crippen LogP contribution in [0.5, 0.6) is 0 Å². The Morgan fingerprint density at radius 2 is 2.03 bits per heavy atom. The van der Waals surface area contributed by atoms with E-state index < -0.39 is 17.2 Å². The number of nitrogens with zero attached hydrogens (tertiary/aromatic N) is 2. The first-order chi connectivity index (χ1) is 14.9. The number of nitrogens with one attached hydrogen (secondary N) is 2. The van der Waals surface area contributed by atoms with Gasteiger partial charge in [-0.2, -0.15) is 0 Å². The predicted molar refractivity (Wildman–Crippen MR) is 125 cm³/mol. The summed E-state index contributed by atoms with van der Waals surface area (Å²) in [5.41, 5.74) is 2.78. The minimum absolute atomic E-state index is 0.101. The molecule has 1 atom stereocenters. The molecule has 0 fully saturated rings. The molecule has 0 saturated carbocycles. The molecule has 3 amide bonds. The summed E-state index contributed by atoms with van der Waals surface area (Å²) in [5, 5.41) is 5.19. The number of imide groups is 1. The lowest BCUT2D eigenvalue weighted by Crippen LogP contribution is -2.41. The molecule has 7 nitrogen and oxygen atoms in total. The highest BCUT2D eigenvalue weighted by Gasteiger charge is 2.25. The molecule has 1 aliphatic carbocycles. The van der Waals surface area contributed by atoms with Crippen LogP contribution in [0.15, 0.2) is 34.2 Å². The Morgan fingerprint density at radius 3 is 2.77 bits per heavy atom. The average molecular weight is 457 g/mol. The van der Waals surface area contributed by atoms with E-state index in [1.54, 1.807) is 22.8 Å². The number of rotatable bonds is 4. The van der Waals surface area contributed by atoms with Gasteiger partial charge < -0.3 is 5.32 Å². The van der Waals surface area contributed by atoms with E-state index in [1.807, 2.05) is 31.2 Å². The zero-order valence-corrected chi connectivity index (χ0v) is 19.3. The average Bonchev–Trinajstić information content (AvgIpc) is 3.12. The van der Waals surface area contributed by atoms with Crippen LogP contribution < -0.4 is 16.2 Å². The molecule has 162 valence electrons. The number of carbonyl (C=O) groups excluding carboxylic acids is 2. The van der Waals surface area contributed by atoms with Gasteiger partial charge in [-0.15, -0.1) is 11.3 Å². The number of urea groups is 1. The van der Waals surface area contributed by atoms with Crippen LogP contribution in [0.1, 0.15) is 35.8 Å². The quantitative estimate of drug-likeness (QED) is 0.462. The smallest absolute Gasteiger partial charge is 0.321 e. The van der Waals surface area contributed by atoms with Gasteiger partial charge in [0.25, 0.3) is 5.56 Å². The first-order valence-corrected chi connectivity index (χ1v) is 11.9. The van der Waals surface area contributed by atoms with Gasteiger partial charge in [0.1, 0.15) is 4.83 Å². The van der Waals surface area contributed by atoms with E-state index in [0.717, 1.165) is 47.3 Å². The second-order valence-corrected chi connectivity index (χ2v) is 9.99. The fraction of sp³-hybridized carbons (Fsp3) is 0.364. The van der Waals surface area contributed by atoms with Crippen molar-refractivity contribution < 1.29 is 9.59 Å². The van der Waals surface area contributed by atoms with E-state index in [9.17, 15) is 14.4 Å². The number of hydrogen-bond donors (Lipinski definition) is 2. The highest BCUT2D eigenvalue weighted by Crippen LogP contribution is 2.35. The molecule has 0 bridgehead atoms. The summed E-state index contributed by atoms with van der Waals surface area (Å²) in [5.74, 6) is -0.444. The van der Waals surface area contributed by atoms with Gasteiger partial charge in [0.15, 0.2) is 5.16 Å². The highest BCUT2D eigenvalue weighted by atomic mass is 32.2. The van der Waals surface area contributed by atoms with Gasteiger partial charge in [-0.25, -0.2) is 9.78 Å². The van der Waals surface area contributed by atoms with Gasteiger partial charge in [-0.3, -0.25) is 19.5 Å². The third kappa shape index (κ3) is 4.24. The van der Waals surface area contributed by atoms with Crippen LogP contribution >= 0.6 is 23.1 Å². The number of aryl methyl sites for hydroxylation is 3. The van der Waals surface area contributed by atoms with E-state index in [-0.39, 0.29) is 5.56 Å². The molecule has 9 heteroatoms. The van der Waals surface area contributed by atoms with Crippen molar-refractivity contribution in [2.24, 2.45) is 0 Å². The maximum absolute atomic E-state index is 13.7. The molecule has 0 spiro atoms. The summed E-state index contributed by atoms with van der Waals surface area (Å²) in [7, 11) is 1.45. The van der Waals surface area contributed by atoms with Gasteiger partial charge in [0.2, 0.25) is 5.91 Å². The van der Waals surface area contributed by atoms with Crippen LogP contribution in [-0.2, 0) is 17.6 Å². The Morgan fingerprint density at radius 1 is 1.26 bits per heavy atom. The van der Waals surface area contributed by atoms with Crippen molar-refractivity contribution in [2.45, 2.75) is 49.9 Å². The highest BCUT2D eigenvalue weighted by molar-refractivity contribution is 8.00. The lowest BCUT2D eigenvalue weighted by Gasteiger charge is -2.16. The maximum Gasteiger partial charge on any atom is 0.321 e. The third-order valence-electron chi connectivity index (χ3n) is 5.33. The van der Waals surface area contributed by atoms with Crippen molar-refractivity contribution in [1.29, 1.82) is 0 Å². The van der Waals surface area contributed by atoms with Gasteiger partial charge in [0.05, 0.1) is 16.3 Å². The molecule has 0 radical (unpaired) electrons. The summed E-state index contributed by atoms with van der Waals surface area (Å²) in [6.07, 6.45) is 4.09. The van der Waals surface area contributed by atoms with Crippen LogP contribution in [0.25, 0.3) is 15.9 Å². The van der Waals surface area contributed by atoms with Crippen LogP contribution in [0.2, 0.25) is 0 Å². The van der Waals surface area contributed by atoms with E-state index in [0.29, 0.717) is 10.5 Å². The Kier molecular flexibility index (Phi) is 6.15. The van der Waals surface area contributed by atoms with E-state index in [1.165, 1.54) is 23.7 Å². The van der Waals surface area contributed by atoms with E-state index >= 15 is 0 Å². The second kappa shape index (κ2) is 8.84. The number of aromatic nitrogens is 2. The minimum atomic E-state index is -0.618. The number of thioether (sulfide) groups is 1. The molecule has 0 saturated heterocycles. The van der Waals surface area contributed by atoms with Crippen LogP contribution in [0.4, 0.5) is 4.79 Å². The zero-order valence-electron chi connectivity index (χ0n) is 17.7. The maximum atomic E-state index is 13.7. The van der Waals surface area contributed by atoms with Crippen molar-refractivity contribution >= 4 is 45.3 Å². The van der Waals surface area contributed by atoms with Crippen molar-refractivity contribution in [3.05, 3.63) is 50.6 Å². The molecule has 31 heavy (non-hydrogen) atoms. The molecule has 4 rings (SSSR count). The monoisotopic (exact) mass is 456 g/mol. The number of fused-ring (bicyclic) bond motifs is 3. The third-order valence-corrected chi connectivity index (χ3v) is 7.57. The lowest BCUT2D eigenvalue weighted by molar-refractivity contribution is -0.119. The molecule has 0 aliphatic heterocycles. The molecule has 0 unspecified atom stereocenters. The summed E-state index contributed by atoms with van der Waals surface area (Å²) in [4.78, 5) is 44.5. The Hall–Kier alpha value is -2.65. The van der Waals surface area contributed by atoms with E-state index in [2.05, 4.69) is 10.6 Å². The van der Waals surface area contributed by atoms with Crippen LogP contribution in [-0.4, -0.2) is 33.8 Å². The Labute approximate surface area is 188 Å². The van der Waals surface area contributed by atoms with Crippen LogP contribution in [0.3, 0.4) is 0 Å². The van der Waals surface area contributed by atoms with Gasteiger partial charge in [-0.1, -0.05) is 23.9 Å². The summed E-state index contributed by atoms with van der Waals surface area (Å²) >= 11 is 2.76. The number of thiophene rings is 1. The number of benzene rings is 1. The number of carbonyl (C=O) groups is 2. The molecule has 2 aromatic heterocycles. The second-order valence-electron chi connectivity index (χ2n) is 7.59. The number of amides is 3. The predicted octanol–water partition coefficient (Wildman–Crippen LogP) is 3.57. The van der Waals surface area contributed by atoms with Gasteiger partial charge >= 0.3 is 6.03 Å². The van der Waals surface area contributed by atoms with Gasteiger partial charge in [-0.05, 0) is 62.8 Å². The summed E-state index contributed by atoms with van der Waals surface area (Å²) in [6, 6.07) is 7.12. The first-order valence-electron chi connectivity index (χ1n) is 10.2. The summed E-state index contributed by atoms with van der Waals surface area (Å²) < 4.78 is 1.60. The largest absolute Gasteiger partial charge is 0.341 e. The Balaban J connectivity index is 1.85. The Bertz CT molecular complexity index is 1230. The molecular weight excluding hydrogens is 432 g/mol. The summed E-state index contributed by atoms with van der Waals surface area (Å²) in [6.45, 7) is 3.67. The van der Waals surface area contributed by atoms with Gasteiger partial charge in [0, 0.05) is 11.9 Å². The fourth-order valence-corrected chi connectivity index (χ4v) is 5.98. The minimum Gasteiger partial charge on any atom is -0.341 e. The molecule has 2 N–H and O–H groups in total. The number of hydrogen-bond acceptors (Lipinski definition) is 6. The fourth-order valence-electron chi connectivity index (χ4n) is 3.75. The molecular formula is C22H24N4O3S2. The normalized spacial score (nSPS) is 14.2. The van der Waals surface area contributed by atoms with Crippen molar-refractivity contribution in [1.82, 2.24) is 20.2 Å². The standard InChI is InChI=1S/C22H24N4O3S2/c1-12-7-6-8-14(11-12)26-20(28)17-15-9-4-5-10-16(15)31-19(17)25-22(26)30-13(2)18(27)24-21(29)23-3/h6-8,11,13H,4-5,9-10H2,1-3H3,(H2,23,24,27,29)/t13-/m1/s1. The van der Waals surface area contributed by atoms with Crippen molar-refractivity contribution in [3.63, 3.8) is 0 Å². The lowest BCUT2D eigenvalue weighted by atomic mass is 9.97. The molecule has 2 heterocycles. The first kappa shape index (κ1) is 21.6. The zero-order chi connectivity index (χ0) is 22.1. The van der Waals surface area contributed by atoms with Crippen molar-refractivity contribution in [2.75, 3.05) is 7.05 Å². The topological polar surface area (TPSA) is 93.1 Å². The molecule has 3 aromatic rings. The molecule has 1 aliphatic rings. The van der Waals surface area contributed by atoms with Crippen molar-refractivity contribution in [3.8, 4) is 5.69 Å². The molecule has 1 aromatic carbocycles. The SMILES string of the molecule is CNC(=O)NC(=O)[C@@H](C)Sc1nc2sc3c(c2c(=O)n1-c1cccc(C)c1)CCCC3. The van der Waals surface area contributed by atoms with E-state index in [4.69, 9.17) is 4.98 Å². The van der Waals surface area contributed by atoms with Crippen LogP contribution in [0, 0.1) is 6.92 Å².